The zero-order chi connectivity index (χ0) is 15.7. The van der Waals surface area contributed by atoms with Crippen LogP contribution < -0.4 is 9.64 Å². The van der Waals surface area contributed by atoms with E-state index in [0.717, 1.165) is 24.3 Å². The van der Waals surface area contributed by atoms with Crippen LogP contribution in [0.5, 0.6) is 5.75 Å². The molecule has 1 aromatic carbocycles. The SMILES string of the molecule is CCN(CC)c1ccc(C)c(OC(=O)N(C)C)c1.CI. The molecule has 4 nitrogen and oxygen atoms in total. The number of halogens is 1. The Morgan fingerprint density at radius 3 is 2.20 bits per heavy atom. The molecule has 114 valence electrons. The van der Waals surface area contributed by atoms with E-state index < -0.39 is 0 Å². The highest BCUT2D eigenvalue weighted by atomic mass is 127. The van der Waals surface area contributed by atoms with Crippen LogP contribution in [-0.4, -0.2) is 43.1 Å². The number of aryl methyl sites for hydroxylation is 1. The summed E-state index contributed by atoms with van der Waals surface area (Å²) in [4.78, 5) is 17.2. The van der Waals surface area contributed by atoms with Crippen LogP contribution in [-0.2, 0) is 0 Å². The second-order valence-corrected chi connectivity index (χ2v) is 4.38. The molecule has 0 spiro atoms. The quantitative estimate of drug-likeness (QED) is 0.575. The maximum atomic E-state index is 11.6. The summed E-state index contributed by atoms with van der Waals surface area (Å²) in [7, 11) is 3.35. The molecule has 0 aromatic heterocycles. The van der Waals surface area contributed by atoms with Crippen molar-refractivity contribution < 1.29 is 9.53 Å². The van der Waals surface area contributed by atoms with Gasteiger partial charge in [-0.1, -0.05) is 28.7 Å². The van der Waals surface area contributed by atoms with Crippen LogP contribution in [0.4, 0.5) is 10.5 Å². The van der Waals surface area contributed by atoms with Gasteiger partial charge in [-0.15, -0.1) is 0 Å². The number of anilines is 1. The molecule has 0 aliphatic heterocycles. The Morgan fingerprint density at radius 1 is 1.20 bits per heavy atom. The lowest BCUT2D eigenvalue weighted by Crippen LogP contribution is -2.26. The van der Waals surface area contributed by atoms with E-state index in [9.17, 15) is 4.79 Å². The summed E-state index contributed by atoms with van der Waals surface area (Å²) in [6.45, 7) is 8.01. The van der Waals surface area contributed by atoms with Crippen LogP contribution in [0.15, 0.2) is 18.2 Å². The van der Waals surface area contributed by atoms with Gasteiger partial charge in [0, 0.05) is 38.9 Å². The van der Waals surface area contributed by atoms with Crippen LogP contribution in [0.2, 0.25) is 0 Å². The van der Waals surface area contributed by atoms with E-state index in [2.05, 4.69) is 47.4 Å². The van der Waals surface area contributed by atoms with Gasteiger partial charge in [0.15, 0.2) is 0 Å². The van der Waals surface area contributed by atoms with Crippen molar-refractivity contribution in [2.75, 3.05) is 37.0 Å². The highest BCUT2D eigenvalue weighted by Gasteiger charge is 2.11. The molecular formula is C15H25IN2O2. The smallest absolute Gasteiger partial charge is 0.410 e. The Hall–Kier alpha value is -0.980. The Morgan fingerprint density at radius 2 is 1.75 bits per heavy atom. The van der Waals surface area contributed by atoms with Gasteiger partial charge in [0.1, 0.15) is 5.75 Å². The molecular weight excluding hydrogens is 367 g/mol. The second-order valence-electron chi connectivity index (χ2n) is 4.38. The number of carbonyl (C=O) groups is 1. The number of rotatable bonds is 4. The largest absolute Gasteiger partial charge is 0.414 e. The van der Waals surface area contributed by atoms with E-state index >= 15 is 0 Å². The first kappa shape index (κ1) is 19.0. The fourth-order valence-corrected chi connectivity index (χ4v) is 1.67. The van der Waals surface area contributed by atoms with E-state index in [1.807, 2.05) is 24.0 Å². The molecule has 0 aliphatic carbocycles. The maximum absolute atomic E-state index is 11.6. The molecule has 0 saturated carbocycles. The van der Waals surface area contributed by atoms with Gasteiger partial charge in [-0.05, 0) is 37.3 Å². The number of alkyl halides is 1. The molecule has 1 amide bonds. The third-order valence-electron chi connectivity index (χ3n) is 2.86. The Bertz CT molecular complexity index is 418. The van der Waals surface area contributed by atoms with Gasteiger partial charge >= 0.3 is 6.09 Å². The van der Waals surface area contributed by atoms with Crippen LogP contribution in [0.1, 0.15) is 19.4 Å². The summed E-state index contributed by atoms with van der Waals surface area (Å²) in [5.74, 6) is 0.623. The molecule has 1 rings (SSSR count). The van der Waals surface area contributed by atoms with Gasteiger partial charge in [0.05, 0.1) is 0 Å². The van der Waals surface area contributed by atoms with Gasteiger partial charge in [-0.25, -0.2) is 4.79 Å². The predicted molar refractivity (Wildman–Crippen MR) is 94.4 cm³/mol. The molecule has 1 aromatic rings. The van der Waals surface area contributed by atoms with E-state index in [1.165, 1.54) is 4.90 Å². The van der Waals surface area contributed by atoms with Gasteiger partial charge in [0.25, 0.3) is 0 Å². The van der Waals surface area contributed by atoms with E-state index in [4.69, 9.17) is 4.74 Å². The van der Waals surface area contributed by atoms with Crippen LogP contribution in [0.3, 0.4) is 0 Å². The molecule has 0 aliphatic rings. The third-order valence-corrected chi connectivity index (χ3v) is 2.86. The lowest BCUT2D eigenvalue weighted by atomic mass is 10.2. The summed E-state index contributed by atoms with van der Waals surface area (Å²) in [5.41, 5.74) is 2.04. The van der Waals surface area contributed by atoms with Crippen molar-refractivity contribution in [3.8, 4) is 5.75 Å². The van der Waals surface area contributed by atoms with Gasteiger partial charge < -0.3 is 14.5 Å². The van der Waals surface area contributed by atoms with E-state index in [1.54, 1.807) is 14.1 Å². The predicted octanol–water partition coefficient (Wildman–Crippen LogP) is 3.95. The lowest BCUT2D eigenvalue weighted by molar-refractivity contribution is 0.171. The van der Waals surface area contributed by atoms with Crippen molar-refractivity contribution in [1.29, 1.82) is 0 Å². The number of nitrogens with zero attached hydrogens (tertiary/aromatic N) is 2. The number of ether oxygens (including phenoxy) is 1. The summed E-state index contributed by atoms with van der Waals surface area (Å²) in [5, 5.41) is 0. The summed E-state index contributed by atoms with van der Waals surface area (Å²) >= 11 is 2.15. The molecule has 5 heteroatoms. The van der Waals surface area contributed by atoms with Crippen LogP contribution in [0.25, 0.3) is 0 Å². The van der Waals surface area contributed by atoms with Crippen molar-refractivity contribution in [3.63, 3.8) is 0 Å². The minimum atomic E-state index is -0.352. The molecule has 0 fully saturated rings. The fraction of sp³-hybridized carbons (Fsp3) is 0.533. The molecule has 0 unspecified atom stereocenters. The Labute approximate surface area is 136 Å². The molecule has 0 bridgehead atoms. The molecule has 0 radical (unpaired) electrons. The first-order valence-corrected chi connectivity index (χ1v) is 8.77. The monoisotopic (exact) mass is 392 g/mol. The van der Waals surface area contributed by atoms with Crippen LogP contribution in [0, 0.1) is 6.92 Å². The average Bonchev–Trinajstić information content (AvgIpc) is 2.45. The van der Waals surface area contributed by atoms with Crippen molar-refractivity contribution >= 4 is 34.4 Å². The molecule has 0 saturated heterocycles. The number of hydrogen-bond donors (Lipinski definition) is 0. The van der Waals surface area contributed by atoms with E-state index in [0.29, 0.717) is 5.75 Å². The maximum Gasteiger partial charge on any atom is 0.414 e. The summed E-state index contributed by atoms with van der Waals surface area (Å²) < 4.78 is 5.35. The van der Waals surface area contributed by atoms with Crippen molar-refractivity contribution in [2.24, 2.45) is 0 Å². The summed E-state index contributed by atoms with van der Waals surface area (Å²) in [6, 6.07) is 5.95. The first-order valence-electron chi connectivity index (χ1n) is 6.62. The first-order chi connectivity index (χ1) is 9.49. The van der Waals surface area contributed by atoms with Crippen molar-refractivity contribution in [2.45, 2.75) is 20.8 Å². The minimum absolute atomic E-state index is 0.352. The number of carbonyl (C=O) groups excluding carboxylic acids is 1. The van der Waals surface area contributed by atoms with Crippen molar-refractivity contribution in [1.82, 2.24) is 4.90 Å². The molecule has 0 N–H and O–H groups in total. The topological polar surface area (TPSA) is 32.8 Å². The lowest BCUT2D eigenvalue weighted by Gasteiger charge is -2.22. The Kier molecular flexibility index (Phi) is 9.37. The van der Waals surface area contributed by atoms with E-state index in [-0.39, 0.29) is 6.09 Å². The average molecular weight is 392 g/mol. The normalized spacial score (nSPS) is 9.35. The fourth-order valence-electron chi connectivity index (χ4n) is 1.67. The highest BCUT2D eigenvalue weighted by molar-refractivity contribution is 14.1. The zero-order valence-electron chi connectivity index (χ0n) is 13.2. The number of hydrogen-bond acceptors (Lipinski definition) is 3. The highest BCUT2D eigenvalue weighted by Crippen LogP contribution is 2.25. The van der Waals surface area contributed by atoms with Crippen LogP contribution >= 0.6 is 22.6 Å². The Balaban J connectivity index is 0.00000172. The molecule has 0 heterocycles. The standard InChI is InChI=1S/C14H22N2O2.CH3I/c1-6-16(7-2)12-9-8-11(3)13(10-12)18-14(17)15(4)5;1-2/h8-10H,6-7H2,1-5H3;1H3. The second kappa shape index (κ2) is 9.85. The minimum Gasteiger partial charge on any atom is -0.410 e. The van der Waals surface area contributed by atoms with Gasteiger partial charge in [-0.2, -0.15) is 0 Å². The number of amides is 1. The van der Waals surface area contributed by atoms with Crippen molar-refractivity contribution in [3.05, 3.63) is 23.8 Å². The molecule has 20 heavy (non-hydrogen) atoms. The summed E-state index contributed by atoms with van der Waals surface area (Å²) in [6.07, 6.45) is -0.352. The van der Waals surface area contributed by atoms with Gasteiger partial charge in [0.2, 0.25) is 0 Å². The number of benzene rings is 1. The third kappa shape index (κ3) is 5.56. The zero-order valence-corrected chi connectivity index (χ0v) is 15.4. The molecule has 0 atom stereocenters. The van der Waals surface area contributed by atoms with Gasteiger partial charge in [-0.3, -0.25) is 0 Å².